The summed E-state index contributed by atoms with van der Waals surface area (Å²) in [6, 6.07) is 2.22. The maximum atomic E-state index is 12.3. The topological polar surface area (TPSA) is 92.1 Å². The molecular formula is C16H21N3O3S. The molecule has 0 aliphatic heterocycles. The van der Waals surface area contributed by atoms with Crippen molar-refractivity contribution in [2.75, 3.05) is 0 Å². The molecule has 1 aromatic heterocycles. The van der Waals surface area contributed by atoms with E-state index in [1.807, 2.05) is 6.92 Å². The van der Waals surface area contributed by atoms with E-state index in [4.69, 9.17) is 4.74 Å². The van der Waals surface area contributed by atoms with Crippen LogP contribution in [-0.4, -0.2) is 28.5 Å². The van der Waals surface area contributed by atoms with E-state index in [-0.39, 0.29) is 0 Å². The Hall–Kier alpha value is -1.94. The molecule has 0 radical (unpaired) electrons. The summed E-state index contributed by atoms with van der Waals surface area (Å²) in [5, 5.41) is 12.9. The number of ether oxygens (including phenoxy) is 1. The Kier molecular flexibility index (Phi) is 5.37. The second kappa shape index (κ2) is 7.09. The Morgan fingerprint density at radius 2 is 2.00 bits per heavy atom. The van der Waals surface area contributed by atoms with Gasteiger partial charge in [0.15, 0.2) is 6.10 Å². The van der Waals surface area contributed by atoms with Crippen molar-refractivity contribution in [1.29, 1.82) is 5.26 Å². The number of nitrogens with zero attached hydrogens (tertiary/aromatic N) is 2. The minimum absolute atomic E-state index is 0.412. The Morgan fingerprint density at radius 3 is 2.52 bits per heavy atom. The lowest BCUT2D eigenvalue weighted by molar-refractivity contribution is -0.130. The number of nitriles is 1. The lowest BCUT2D eigenvalue weighted by atomic mass is 9.83. The van der Waals surface area contributed by atoms with Crippen LogP contribution in [0.2, 0.25) is 0 Å². The number of rotatable bonds is 4. The fraction of sp³-hybridized carbons (Fsp3) is 0.625. The molecule has 1 aromatic rings. The first-order chi connectivity index (χ1) is 10.9. The molecule has 2 rings (SSSR count). The van der Waals surface area contributed by atoms with Crippen molar-refractivity contribution in [3.8, 4) is 6.07 Å². The van der Waals surface area contributed by atoms with Gasteiger partial charge in [-0.3, -0.25) is 4.79 Å². The Labute approximate surface area is 139 Å². The number of carbonyl (C=O) groups is 2. The summed E-state index contributed by atoms with van der Waals surface area (Å²) in [5.41, 5.74) is -0.224. The van der Waals surface area contributed by atoms with E-state index in [0.29, 0.717) is 23.4 Å². The number of thiazole rings is 1. The maximum Gasteiger partial charge on any atom is 0.351 e. The molecule has 124 valence electrons. The maximum absolute atomic E-state index is 12.3. The quantitative estimate of drug-likeness (QED) is 0.854. The molecule has 1 amide bonds. The summed E-state index contributed by atoms with van der Waals surface area (Å²) in [7, 11) is 0. The second-order valence-electron chi connectivity index (χ2n) is 5.94. The Morgan fingerprint density at radius 1 is 1.35 bits per heavy atom. The number of amides is 1. The molecule has 0 unspecified atom stereocenters. The summed E-state index contributed by atoms with van der Waals surface area (Å²) in [6.45, 7) is 5.06. The van der Waals surface area contributed by atoms with Crippen LogP contribution in [0.25, 0.3) is 0 Å². The van der Waals surface area contributed by atoms with E-state index >= 15 is 0 Å². The van der Waals surface area contributed by atoms with Gasteiger partial charge in [-0.25, -0.2) is 9.78 Å². The van der Waals surface area contributed by atoms with Gasteiger partial charge in [0.25, 0.3) is 5.91 Å². The average Bonchev–Trinajstić information content (AvgIpc) is 2.86. The number of aryl methyl sites for hydroxylation is 2. The van der Waals surface area contributed by atoms with Crippen LogP contribution in [0.5, 0.6) is 0 Å². The van der Waals surface area contributed by atoms with Gasteiger partial charge in [-0.1, -0.05) is 19.3 Å². The summed E-state index contributed by atoms with van der Waals surface area (Å²) in [6.07, 6.45) is 3.25. The van der Waals surface area contributed by atoms with Gasteiger partial charge in [0.05, 0.1) is 16.8 Å². The van der Waals surface area contributed by atoms with E-state index < -0.39 is 23.5 Å². The molecule has 7 heteroatoms. The van der Waals surface area contributed by atoms with Crippen molar-refractivity contribution < 1.29 is 14.3 Å². The minimum atomic E-state index is -0.948. The van der Waals surface area contributed by atoms with E-state index in [1.165, 1.54) is 18.3 Å². The van der Waals surface area contributed by atoms with Crippen LogP contribution in [0.15, 0.2) is 0 Å². The normalized spacial score (nSPS) is 17.8. The van der Waals surface area contributed by atoms with Crippen LogP contribution in [0, 0.1) is 25.2 Å². The standard InChI is InChI=1S/C16H21N3O3S/c1-10-13(23-12(3)18-10)15(21)22-11(2)14(20)19-16(9-17)7-5-4-6-8-16/h11H,4-8H2,1-3H3,(H,19,20)/t11-/m0/s1. The zero-order valence-corrected chi connectivity index (χ0v) is 14.5. The first kappa shape index (κ1) is 17.4. The van der Waals surface area contributed by atoms with Crippen LogP contribution in [0.3, 0.4) is 0 Å². The number of esters is 1. The fourth-order valence-corrected chi connectivity index (χ4v) is 3.55. The lowest BCUT2D eigenvalue weighted by Gasteiger charge is -2.32. The molecule has 0 spiro atoms. The predicted octanol–water partition coefficient (Wildman–Crippen LogP) is 2.65. The highest BCUT2D eigenvalue weighted by atomic mass is 32.1. The molecule has 0 aromatic carbocycles. The van der Waals surface area contributed by atoms with Crippen LogP contribution in [0.4, 0.5) is 0 Å². The number of hydrogen-bond acceptors (Lipinski definition) is 6. The van der Waals surface area contributed by atoms with Crippen molar-refractivity contribution in [2.45, 2.75) is 64.5 Å². The first-order valence-corrected chi connectivity index (χ1v) is 8.57. The zero-order valence-electron chi connectivity index (χ0n) is 13.6. The van der Waals surface area contributed by atoms with Gasteiger partial charge in [-0.05, 0) is 33.6 Å². The molecule has 0 bridgehead atoms. The molecule has 1 atom stereocenters. The minimum Gasteiger partial charge on any atom is -0.448 e. The summed E-state index contributed by atoms with van der Waals surface area (Å²) < 4.78 is 5.23. The van der Waals surface area contributed by atoms with Crippen LogP contribution in [-0.2, 0) is 9.53 Å². The molecule has 1 N–H and O–H groups in total. The summed E-state index contributed by atoms with van der Waals surface area (Å²) in [4.78, 5) is 29.0. The Balaban J connectivity index is 1.98. The van der Waals surface area contributed by atoms with Gasteiger partial charge in [0, 0.05) is 0 Å². The predicted molar refractivity (Wildman–Crippen MR) is 86.0 cm³/mol. The van der Waals surface area contributed by atoms with Crippen LogP contribution >= 0.6 is 11.3 Å². The van der Waals surface area contributed by atoms with E-state index in [1.54, 1.807) is 6.92 Å². The fourth-order valence-electron chi connectivity index (χ4n) is 2.75. The summed E-state index contributed by atoms with van der Waals surface area (Å²) in [5.74, 6) is -0.980. The SMILES string of the molecule is Cc1nc(C)c(C(=O)O[C@@H](C)C(=O)NC2(C#N)CCCCC2)s1. The third-order valence-corrected chi connectivity index (χ3v) is 5.08. The van der Waals surface area contributed by atoms with Gasteiger partial charge >= 0.3 is 5.97 Å². The van der Waals surface area contributed by atoms with Gasteiger partial charge in [-0.2, -0.15) is 5.26 Å². The number of aromatic nitrogens is 1. The molecule has 0 saturated heterocycles. The van der Waals surface area contributed by atoms with Gasteiger partial charge in [0.2, 0.25) is 0 Å². The molecular weight excluding hydrogens is 314 g/mol. The highest BCUT2D eigenvalue weighted by molar-refractivity contribution is 7.13. The average molecular weight is 335 g/mol. The molecule has 1 heterocycles. The first-order valence-electron chi connectivity index (χ1n) is 7.75. The highest BCUT2D eigenvalue weighted by Crippen LogP contribution is 2.27. The van der Waals surface area contributed by atoms with E-state index in [0.717, 1.165) is 24.3 Å². The van der Waals surface area contributed by atoms with Crippen LogP contribution < -0.4 is 5.32 Å². The molecule has 1 aliphatic rings. The van der Waals surface area contributed by atoms with E-state index in [9.17, 15) is 14.9 Å². The van der Waals surface area contributed by atoms with Crippen molar-refractivity contribution in [3.63, 3.8) is 0 Å². The second-order valence-corrected chi connectivity index (χ2v) is 7.14. The van der Waals surface area contributed by atoms with Crippen molar-refractivity contribution in [3.05, 3.63) is 15.6 Å². The zero-order chi connectivity index (χ0) is 17.0. The molecule has 1 aliphatic carbocycles. The van der Waals surface area contributed by atoms with Crippen molar-refractivity contribution in [2.24, 2.45) is 0 Å². The van der Waals surface area contributed by atoms with Crippen molar-refractivity contribution in [1.82, 2.24) is 10.3 Å². The third-order valence-electron chi connectivity index (χ3n) is 4.03. The van der Waals surface area contributed by atoms with Gasteiger partial charge in [-0.15, -0.1) is 11.3 Å². The third kappa shape index (κ3) is 4.08. The number of carbonyl (C=O) groups excluding carboxylic acids is 2. The summed E-state index contributed by atoms with van der Waals surface area (Å²) >= 11 is 1.25. The largest absolute Gasteiger partial charge is 0.448 e. The van der Waals surface area contributed by atoms with Crippen molar-refractivity contribution >= 4 is 23.2 Å². The molecule has 1 fully saturated rings. The van der Waals surface area contributed by atoms with Gasteiger partial charge in [0.1, 0.15) is 10.4 Å². The highest BCUT2D eigenvalue weighted by Gasteiger charge is 2.35. The van der Waals surface area contributed by atoms with Gasteiger partial charge < -0.3 is 10.1 Å². The Bertz CT molecular complexity index is 641. The molecule has 23 heavy (non-hydrogen) atoms. The monoisotopic (exact) mass is 335 g/mol. The van der Waals surface area contributed by atoms with Crippen LogP contribution in [0.1, 0.15) is 59.4 Å². The number of hydrogen-bond donors (Lipinski definition) is 1. The number of nitrogens with one attached hydrogen (secondary N) is 1. The van der Waals surface area contributed by atoms with E-state index in [2.05, 4.69) is 16.4 Å². The molecule has 6 nitrogen and oxygen atoms in total. The molecule has 1 saturated carbocycles. The smallest absolute Gasteiger partial charge is 0.351 e. The lowest BCUT2D eigenvalue weighted by Crippen LogP contribution is -2.52.